The van der Waals surface area contributed by atoms with Gasteiger partial charge in [-0.25, -0.2) is 4.79 Å². The standard InChI is InChI=1S/C10H20NO6P/c1-6-16-18(13,14)17-11(4,5)7-8-15-10(12)9(2)3/h2,6-8H2,1,3-5H3. The zero-order chi connectivity index (χ0) is 14.4. The van der Waals surface area contributed by atoms with Crippen molar-refractivity contribution in [3.05, 3.63) is 12.2 Å². The summed E-state index contributed by atoms with van der Waals surface area (Å²) in [7, 11) is -1.31. The maximum absolute atomic E-state index is 11.3. The fraction of sp³-hybridized carbons (Fsp3) is 0.700. The highest BCUT2D eigenvalue weighted by Crippen LogP contribution is 2.40. The largest absolute Gasteiger partial charge is 0.752 e. The van der Waals surface area contributed by atoms with Crippen LogP contribution in [0.5, 0.6) is 0 Å². The third kappa shape index (κ3) is 7.58. The number of quaternary nitrogens is 1. The number of rotatable bonds is 8. The fourth-order valence-electron chi connectivity index (χ4n) is 0.975. The van der Waals surface area contributed by atoms with E-state index in [9.17, 15) is 14.3 Å². The number of phosphoric ester groups is 1. The Kier molecular flexibility index (Phi) is 6.73. The minimum atomic E-state index is -4.33. The number of phosphoric acid groups is 1. The Morgan fingerprint density at radius 2 is 2.00 bits per heavy atom. The highest BCUT2D eigenvalue weighted by Gasteiger charge is 2.25. The Labute approximate surface area is 107 Å². The monoisotopic (exact) mass is 281 g/mol. The molecule has 0 heterocycles. The Hall–Kier alpha value is -0.720. The van der Waals surface area contributed by atoms with Crippen LogP contribution in [0.25, 0.3) is 0 Å². The highest BCUT2D eigenvalue weighted by atomic mass is 31.2. The maximum atomic E-state index is 11.3. The second-order valence-electron chi connectivity index (χ2n) is 4.16. The van der Waals surface area contributed by atoms with E-state index in [4.69, 9.17) is 9.36 Å². The van der Waals surface area contributed by atoms with Crippen molar-refractivity contribution >= 4 is 13.8 Å². The molecule has 0 aliphatic heterocycles. The molecule has 0 saturated carbocycles. The third-order valence-corrected chi connectivity index (χ3v) is 3.04. The van der Waals surface area contributed by atoms with Crippen LogP contribution in [0, 0.1) is 0 Å². The maximum Gasteiger partial charge on any atom is 0.333 e. The van der Waals surface area contributed by atoms with Gasteiger partial charge in [0.1, 0.15) is 13.2 Å². The van der Waals surface area contributed by atoms with Crippen LogP contribution in [0.15, 0.2) is 12.2 Å². The first kappa shape index (κ1) is 17.3. The number of nitrogens with zero attached hydrogens (tertiary/aromatic N) is 1. The van der Waals surface area contributed by atoms with Gasteiger partial charge in [-0.05, 0) is 13.8 Å². The summed E-state index contributed by atoms with van der Waals surface area (Å²) in [5.41, 5.74) is 0.282. The van der Waals surface area contributed by atoms with Gasteiger partial charge in [-0.2, -0.15) is 4.65 Å². The van der Waals surface area contributed by atoms with Crippen LogP contribution in [0.2, 0.25) is 0 Å². The van der Waals surface area contributed by atoms with Crippen LogP contribution in [-0.4, -0.2) is 44.5 Å². The van der Waals surface area contributed by atoms with Gasteiger partial charge in [0.05, 0.1) is 20.7 Å². The summed E-state index contributed by atoms with van der Waals surface area (Å²) in [6.45, 7) is 6.69. The Morgan fingerprint density at radius 3 is 2.44 bits per heavy atom. The van der Waals surface area contributed by atoms with Gasteiger partial charge in [-0.1, -0.05) is 6.58 Å². The molecule has 0 saturated heterocycles. The zero-order valence-corrected chi connectivity index (χ0v) is 12.1. The molecular weight excluding hydrogens is 261 g/mol. The Balaban J connectivity index is 4.20. The lowest BCUT2D eigenvalue weighted by atomic mass is 10.4. The van der Waals surface area contributed by atoms with Crippen LogP contribution < -0.4 is 4.89 Å². The van der Waals surface area contributed by atoms with Gasteiger partial charge in [0, 0.05) is 5.57 Å². The molecule has 0 fully saturated rings. The van der Waals surface area contributed by atoms with Crippen LogP contribution in [0.1, 0.15) is 13.8 Å². The number of ether oxygens (including phenoxy) is 1. The van der Waals surface area contributed by atoms with Crippen molar-refractivity contribution < 1.29 is 32.8 Å². The summed E-state index contributed by atoms with van der Waals surface area (Å²) in [5.74, 6) is -0.523. The van der Waals surface area contributed by atoms with Crippen molar-refractivity contribution in [1.29, 1.82) is 0 Å². The van der Waals surface area contributed by atoms with E-state index in [2.05, 4.69) is 11.1 Å². The van der Waals surface area contributed by atoms with Gasteiger partial charge in [0.25, 0.3) is 0 Å². The first-order valence-electron chi connectivity index (χ1n) is 5.42. The topological polar surface area (TPSA) is 84.9 Å². The smallest absolute Gasteiger partial charge is 0.333 e. The quantitative estimate of drug-likeness (QED) is 0.213. The first-order valence-corrected chi connectivity index (χ1v) is 6.88. The van der Waals surface area contributed by atoms with Gasteiger partial charge in [-0.3, -0.25) is 4.57 Å². The van der Waals surface area contributed by atoms with Crippen LogP contribution in [0.3, 0.4) is 0 Å². The average molecular weight is 281 g/mol. The first-order chi connectivity index (χ1) is 8.09. The number of carbonyl (C=O) groups excluding carboxylic acids is 1. The predicted molar refractivity (Wildman–Crippen MR) is 63.1 cm³/mol. The number of carbonyl (C=O) groups is 1. The van der Waals surface area contributed by atoms with Crippen LogP contribution in [-0.2, 0) is 23.2 Å². The molecule has 0 aromatic heterocycles. The van der Waals surface area contributed by atoms with Gasteiger partial charge in [0.2, 0.25) is 0 Å². The van der Waals surface area contributed by atoms with Crippen molar-refractivity contribution in [2.75, 3.05) is 33.9 Å². The summed E-state index contributed by atoms with van der Waals surface area (Å²) < 4.78 is 25.1. The van der Waals surface area contributed by atoms with Crippen LogP contribution >= 0.6 is 7.82 Å². The van der Waals surface area contributed by atoms with Crippen molar-refractivity contribution in [3.63, 3.8) is 0 Å². The Bertz CT molecular complexity index is 354. The predicted octanol–water partition coefficient (Wildman–Crippen LogP) is 0.619. The summed E-state index contributed by atoms with van der Waals surface area (Å²) in [6, 6.07) is 0. The van der Waals surface area contributed by atoms with Crippen molar-refractivity contribution in [1.82, 2.24) is 0 Å². The summed E-state index contributed by atoms with van der Waals surface area (Å²) in [4.78, 5) is 22.4. The highest BCUT2D eigenvalue weighted by molar-refractivity contribution is 7.45. The molecule has 18 heavy (non-hydrogen) atoms. The number of hydrogen-bond acceptors (Lipinski definition) is 6. The molecular formula is C10H20NO6P. The molecule has 106 valence electrons. The minimum absolute atomic E-state index is 0.00538. The normalized spacial score (nSPS) is 14.9. The van der Waals surface area contributed by atoms with E-state index in [1.807, 2.05) is 0 Å². The molecule has 0 aromatic carbocycles. The van der Waals surface area contributed by atoms with E-state index < -0.39 is 13.8 Å². The second kappa shape index (κ2) is 7.01. The Morgan fingerprint density at radius 1 is 1.44 bits per heavy atom. The van der Waals surface area contributed by atoms with E-state index in [1.165, 1.54) is 21.0 Å². The van der Waals surface area contributed by atoms with Crippen molar-refractivity contribution in [2.45, 2.75) is 13.8 Å². The number of hydrogen-bond donors (Lipinski definition) is 0. The molecule has 0 bridgehead atoms. The molecule has 7 nitrogen and oxygen atoms in total. The molecule has 0 spiro atoms. The van der Waals surface area contributed by atoms with E-state index in [0.717, 1.165) is 0 Å². The lowest BCUT2D eigenvalue weighted by Crippen LogP contribution is -2.42. The lowest BCUT2D eigenvalue weighted by Gasteiger charge is -2.32. The number of likely N-dealkylation sites (N-methyl/N-ethyl adjacent to an activating group) is 1. The molecule has 8 heteroatoms. The van der Waals surface area contributed by atoms with Crippen molar-refractivity contribution in [2.24, 2.45) is 0 Å². The molecule has 0 rings (SSSR count). The van der Waals surface area contributed by atoms with Crippen LogP contribution in [0.4, 0.5) is 0 Å². The van der Waals surface area contributed by atoms with E-state index in [-0.39, 0.29) is 30.0 Å². The summed E-state index contributed by atoms with van der Waals surface area (Å²) in [5, 5.41) is 0. The zero-order valence-electron chi connectivity index (χ0n) is 11.2. The molecule has 0 N–H and O–H groups in total. The second-order valence-corrected chi connectivity index (χ2v) is 5.48. The SMILES string of the molecule is C=C(C)C(=O)OCC[N+](C)(C)OP(=O)([O-])OCC. The van der Waals surface area contributed by atoms with Gasteiger partial charge in [-0.15, -0.1) is 4.62 Å². The number of esters is 1. The average Bonchev–Trinajstić information content (AvgIpc) is 2.14. The van der Waals surface area contributed by atoms with E-state index >= 15 is 0 Å². The minimum Gasteiger partial charge on any atom is -0.752 e. The fourth-order valence-corrected chi connectivity index (χ4v) is 1.96. The third-order valence-electron chi connectivity index (χ3n) is 1.82. The molecule has 1 atom stereocenters. The molecule has 0 amide bonds. The molecule has 0 aliphatic rings. The molecule has 0 aliphatic carbocycles. The lowest BCUT2D eigenvalue weighted by molar-refractivity contribution is -1.05. The van der Waals surface area contributed by atoms with Gasteiger partial charge >= 0.3 is 13.8 Å². The molecule has 1 unspecified atom stereocenters. The van der Waals surface area contributed by atoms with E-state index in [1.54, 1.807) is 6.92 Å². The number of hydroxylamine groups is 3. The van der Waals surface area contributed by atoms with E-state index in [0.29, 0.717) is 0 Å². The summed E-state index contributed by atoms with van der Waals surface area (Å²) >= 11 is 0. The molecule has 0 aromatic rings. The van der Waals surface area contributed by atoms with Crippen molar-refractivity contribution in [3.8, 4) is 0 Å². The molecule has 0 radical (unpaired) electrons. The summed E-state index contributed by atoms with van der Waals surface area (Å²) in [6.07, 6.45) is 0. The van der Waals surface area contributed by atoms with Gasteiger partial charge < -0.3 is 14.2 Å². The van der Waals surface area contributed by atoms with Gasteiger partial charge in [0.15, 0.2) is 0 Å².